The van der Waals surface area contributed by atoms with Crippen molar-refractivity contribution in [3.63, 3.8) is 0 Å². The number of nitrogens with zero attached hydrogens (tertiary/aromatic N) is 3. The highest BCUT2D eigenvalue weighted by Crippen LogP contribution is 2.21. The summed E-state index contributed by atoms with van der Waals surface area (Å²) < 4.78 is 1.84. The van der Waals surface area contributed by atoms with E-state index in [0.717, 1.165) is 35.8 Å². The summed E-state index contributed by atoms with van der Waals surface area (Å²) in [5.74, 6) is 0. The number of aromatic nitrogens is 2. The second-order valence-corrected chi connectivity index (χ2v) is 4.79. The van der Waals surface area contributed by atoms with Crippen molar-refractivity contribution in [2.45, 2.75) is 25.8 Å². The summed E-state index contributed by atoms with van der Waals surface area (Å²) in [4.78, 5) is 2.08. The highest BCUT2D eigenvalue weighted by atomic mass is 35.5. The fourth-order valence-corrected chi connectivity index (χ4v) is 2.19. The summed E-state index contributed by atoms with van der Waals surface area (Å²) in [6.07, 6.45) is 1.62. The summed E-state index contributed by atoms with van der Waals surface area (Å²) >= 11 is 6.26. The molecule has 0 fully saturated rings. The minimum Gasteiger partial charge on any atom is -0.326 e. The Labute approximate surface area is 102 Å². The second kappa shape index (κ2) is 5.66. The number of likely N-dealkylation sites (N-methyl/N-ethyl adjacent to an activating group) is 1. The van der Waals surface area contributed by atoms with E-state index in [1.54, 1.807) is 0 Å². The van der Waals surface area contributed by atoms with Gasteiger partial charge in [0, 0.05) is 26.1 Å². The lowest BCUT2D eigenvalue weighted by Gasteiger charge is -2.16. The topological polar surface area (TPSA) is 47.1 Å². The Morgan fingerprint density at radius 1 is 1.50 bits per heavy atom. The van der Waals surface area contributed by atoms with Gasteiger partial charge in [-0.25, -0.2) is 0 Å². The van der Waals surface area contributed by atoms with Gasteiger partial charge in [0.05, 0.1) is 16.4 Å². The van der Waals surface area contributed by atoms with Gasteiger partial charge in [0.25, 0.3) is 0 Å². The Kier molecular flexibility index (Phi) is 4.77. The van der Waals surface area contributed by atoms with E-state index in [1.165, 1.54) is 0 Å². The predicted octanol–water partition coefficient (Wildman–Crippen LogP) is 1.07. The van der Waals surface area contributed by atoms with E-state index in [-0.39, 0.29) is 6.04 Å². The molecule has 1 unspecified atom stereocenters. The van der Waals surface area contributed by atoms with Gasteiger partial charge in [-0.1, -0.05) is 18.5 Å². The van der Waals surface area contributed by atoms with Crippen molar-refractivity contribution in [2.24, 2.45) is 12.8 Å². The molecular weight excluding hydrogens is 224 g/mol. The average molecular weight is 245 g/mol. The molecule has 4 nitrogen and oxygen atoms in total. The van der Waals surface area contributed by atoms with Gasteiger partial charge in [-0.15, -0.1) is 0 Å². The molecule has 1 aromatic rings. The molecule has 1 heterocycles. The van der Waals surface area contributed by atoms with Crippen LogP contribution in [0.3, 0.4) is 0 Å². The molecule has 0 saturated carbocycles. The zero-order valence-corrected chi connectivity index (χ0v) is 11.3. The third-order valence-corrected chi connectivity index (χ3v) is 2.99. The molecule has 0 aliphatic heterocycles. The van der Waals surface area contributed by atoms with Gasteiger partial charge in [-0.05, 0) is 20.5 Å². The van der Waals surface area contributed by atoms with E-state index in [1.807, 2.05) is 25.8 Å². The zero-order valence-electron chi connectivity index (χ0n) is 10.5. The van der Waals surface area contributed by atoms with Crippen molar-refractivity contribution >= 4 is 11.6 Å². The summed E-state index contributed by atoms with van der Waals surface area (Å²) in [5, 5.41) is 5.15. The van der Waals surface area contributed by atoms with E-state index in [4.69, 9.17) is 17.3 Å². The Bertz CT molecular complexity index is 346. The fourth-order valence-electron chi connectivity index (χ4n) is 1.82. The van der Waals surface area contributed by atoms with Crippen LogP contribution in [0.4, 0.5) is 0 Å². The number of rotatable bonds is 5. The number of hydrogen-bond donors (Lipinski definition) is 1. The van der Waals surface area contributed by atoms with Gasteiger partial charge in [0.2, 0.25) is 0 Å². The van der Waals surface area contributed by atoms with Crippen LogP contribution in [0.1, 0.15) is 18.3 Å². The number of nitrogens with two attached hydrogens (primary N) is 1. The molecule has 0 amide bonds. The average Bonchev–Trinajstić information content (AvgIpc) is 2.44. The molecule has 0 aliphatic rings. The lowest BCUT2D eigenvalue weighted by Crippen LogP contribution is -2.35. The van der Waals surface area contributed by atoms with Gasteiger partial charge >= 0.3 is 0 Å². The lowest BCUT2D eigenvalue weighted by molar-refractivity contribution is 0.368. The summed E-state index contributed by atoms with van der Waals surface area (Å²) in [6, 6.07) is 0.0904. The van der Waals surface area contributed by atoms with Gasteiger partial charge in [0.15, 0.2) is 0 Å². The maximum atomic E-state index is 6.26. The first kappa shape index (κ1) is 13.5. The lowest BCUT2D eigenvalue weighted by atomic mass is 10.1. The number of aryl methyl sites for hydroxylation is 2. The van der Waals surface area contributed by atoms with E-state index < -0.39 is 0 Å². The van der Waals surface area contributed by atoms with E-state index in [0.29, 0.717) is 0 Å². The van der Waals surface area contributed by atoms with Crippen molar-refractivity contribution in [3.05, 3.63) is 16.4 Å². The summed E-state index contributed by atoms with van der Waals surface area (Å²) in [7, 11) is 5.95. The molecule has 5 heteroatoms. The maximum Gasteiger partial charge on any atom is 0.0850 e. The second-order valence-electron chi connectivity index (χ2n) is 4.41. The smallest absolute Gasteiger partial charge is 0.0850 e. The number of hydrogen-bond acceptors (Lipinski definition) is 3. The van der Waals surface area contributed by atoms with Crippen molar-refractivity contribution in [3.8, 4) is 0 Å². The quantitative estimate of drug-likeness (QED) is 0.843. The fraction of sp³-hybridized carbons (Fsp3) is 0.727. The first-order valence-corrected chi connectivity index (χ1v) is 5.94. The van der Waals surface area contributed by atoms with Gasteiger partial charge < -0.3 is 10.6 Å². The van der Waals surface area contributed by atoms with Gasteiger partial charge in [0.1, 0.15) is 0 Å². The summed E-state index contributed by atoms with van der Waals surface area (Å²) in [5.41, 5.74) is 8.04. The van der Waals surface area contributed by atoms with E-state index >= 15 is 0 Å². The molecule has 0 saturated heterocycles. The van der Waals surface area contributed by atoms with Crippen molar-refractivity contribution in [2.75, 3.05) is 20.6 Å². The van der Waals surface area contributed by atoms with Crippen molar-refractivity contribution in [1.29, 1.82) is 0 Å². The molecular formula is C11H21ClN4. The Morgan fingerprint density at radius 2 is 2.12 bits per heavy atom. The monoisotopic (exact) mass is 244 g/mol. The predicted molar refractivity (Wildman–Crippen MR) is 67.8 cm³/mol. The van der Waals surface area contributed by atoms with Crippen LogP contribution in [-0.4, -0.2) is 41.4 Å². The largest absolute Gasteiger partial charge is 0.326 e. The van der Waals surface area contributed by atoms with Crippen LogP contribution in [0, 0.1) is 0 Å². The third kappa shape index (κ3) is 3.20. The first-order valence-electron chi connectivity index (χ1n) is 5.56. The molecule has 1 aromatic heterocycles. The van der Waals surface area contributed by atoms with Crippen LogP contribution in [0.15, 0.2) is 0 Å². The van der Waals surface area contributed by atoms with Crippen LogP contribution >= 0.6 is 11.6 Å². The third-order valence-electron chi connectivity index (χ3n) is 2.56. The zero-order chi connectivity index (χ0) is 12.3. The molecule has 92 valence electrons. The molecule has 0 aromatic carbocycles. The Balaban J connectivity index is 2.76. The van der Waals surface area contributed by atoms with Crippen molar-refractivity contribution < 1.29 is 0 Å². The standard InChI is InChI=1S/C11H21ClN4/c1-5-9-11(12)10(16(4)14-9)6-8(13)7-15(2)3/h8H,5-7,13H2,1-4H3. The number of halogens is 1. The summed E-state index contributed by atoms with van der Waals surface area (Å²) in [6.45, 7) is 2.90. The highest BCUT2D eigenvalue weighted by Gasteiger charge is 2.16. The molecule has 1 atom stereocenters. The van der Waals surface area contributed by atoms with Gasteiger partial charge in [-0.2, -0.15) is 5.10 Å². The highest BCUT2D eigenvalue weighted by molar-refractivity contribution is 6.31. The van der Waals surface area contributed by atoms with Crippen LogP contribution < -0.4 is 5.73 Å². The molecule has 0 bridgehead atoms. The normalized spacial score (nSPS) is 13.4. The minimum atomic E-state index is 0.0904. The van der Waals surface area contributed by atoms with Crippen LogP contribution in [0.5, 0.6) is 0 Å². The molecule has 0 radical (unpaired) electrons. The Hall–Kier alpha value is -0.580. The Morgan fingerprint density at radius 3 is 2.56 bits per heavy atom. The van der Waals surface area contributed by atoms with Crippen LogP contribution in [-0.2, 0) is 19.9 Å². The van der Waals surface area contributed by atoms with Crippen LogP contribution in [0.25, 0.3) is 0 Å². The molecule has 0 aliphatic carbocycles. The molecule has 0 spiro atoms. The first-order chi connectivity index (χ1) is 7.45. The van der Waals surface area contributed by atoms with Crippen molar-refractivity contribution in [1.82, 2.24) is 14.7 Å². The SMILES string of the molecule is CCc1nn(C)c(CC(N)CN(C)C)c1Cl. The molecule has 1 rings (SSSR count). The van der Waals surface area contributed by atoms with Crippen LogP contribution in [0.2, 0.25) is 5.02 Å². The van der Waals surface area contributed by atoms with E-state index in [9.17, 15) is 0 Å². The maximum absolute atomic E-state index is 6.26. The van der Waals surface area contributed by atoms with Gasteiger partial charge in [-0.3, -0.25) is 4.68 Å². The van der Waals surface area contributed by atoms with E-state index in [2.05, 4.69) is 16.9 Å². The molecule has 16 heavy (non-hydrogen) atoms. The molecule has 2 N–H and O–H groups in total. The minimum absolute atomic E-state index is 0.0904.